The maximum absolute atomic E-state index is 12.8. The molecule has 3 atom stereocenters. The molecule has 0 aromatic heterocycles. The lowest BCUT2D eigenvalue weighted by Gasteiger charge is -2.44. The first-order valence-corrected chi connectivity index (χ1v) is 20.1. The minimum absolute atomic E-state index is 0.0373. The van der Waals surface area contributed by atoms with E-state index in [1.807, 2.05) is 35.3 Å². The van der Waals surface area contributed by atoms with Crippen LogP contribution in [-0.2, 0) is 10.8 Å². The van der Waals surface area contributed by atoms with Gasteiger partial charge in [-0.2, -0.15) is 0 Å². The van der Waals surface area contributed by atoms with E-state index >= 15 is 0 Å². The Labute approximate surface area is 268 Å². The van der Waals surface area contributed by atoms with Gasteiger partial charge in [0.25, 0.3) is 0 Å². The van der Waals surface area contributed by atoms with E-state index in [1.54, 1.807) is 0 Å². The molecule has 4 aliphatic heterocycles. The lowest BCUT2D eigenvalue weighted by atomic mass is 9.91. The van der Waals surface area contributed by atoms with Crippen molar-refractivity contribution in [3.05, 3.63) is 22.0 Å². The number of hydrogen-bond acceptors (Lipinski definition) is 7. The Kier molecular flexibility index (Phi) is 11.9. The molecule has 0 amide bonds. The third kappa shape index (κ3) is 8.14. The molecular weight excluding hydrogens is 617 g/mol. The van der Waals surface area contributed by atoms with E-state index in [4.69, 9.17) is 36.7 Å². The first kappa shape index (κ1) is 32.5. The van der Waals surface area contributed by atoms with Crippen LogP contribution in [0.2, 0.25) is 0 Å². The zero-order valence-corrected chi connectivity index (χ0v) is 29.6. The normalized spacial score (nSPS) is 26.5. The third-order valence-electron chi connectivity index (χ3n) is 8.39. The van der Waals surface area contributed by atoms with Crippen LogP contribution in [0.25, 0.3) is 0 Å². The molecule has 0 N–H and O–H groups in total. The number of thioether (sulfide) groups is 3. The molecule has 10 heteroatoms. The van der Waals surface area contributed by atoms with Gasteiger partial charge >= 0.3 is 0 Å². The SMILES string of the molecule is CC(C)(CCCCS(=O)CCCCC(C)(C)N1C(=S)C=C2SCCC2C1=S)N1CSC/C=C2/SCCC2C1=S. The smallest absolute Gasteiger partial charge is 0.108 e. The first-order chi connectivity index (χ1) is 18.5. The molecule has 39 heavy (non-hydrogen) atoms. The van der Waals surface area contributed by atoms with E-state index < -0.39 is 10.8 Å². The molecule has 4 aliphatic rings. The van der Waals surface area contributed by atoms with Gasteiger partial charge in [0.2, 0.25) is 0 Å². The lowest BCUT2D eigenvalue weighted by molar-refractivity contribution is 0.220. The van der Waals surface area contributed by atoms with E-state index in [0.717, 1.165) is 88.8 Å². The largest absolute Gasteiger partial charge is 0.351 e. The number of nitrogens with zero attached hydrogens (tertiary/aromatic N) is 2. The van der Waals surface area contributed by atoms with Crippen molar-refractivity contribution >= 4 is 97.7 Å². The van der Waals surface area contributed by atoms with Crippen LogP contribution in [0.1, 0.15) is 79.1 Å². The molecule has 3 unspecified atom stereocenters. The number of unbranched alkanes of at least 4 members (excludes halogenated alkanes) is 2. The van der Waals surface area contributed by atoms with Gasteiger partial charge in [0.1, 0.15) is 4.99 Å². The molecule has 0 bridgehead atoms. The Morgan fingerprint density at radius 1 is 0.872 bits per heavy atom. The second kappa shape index (κ2) is 14.3. The van der Waals surface area contributed by atoms with Crippen LogP contribution in [0.15, 0.2) is 22.0 Å². The Bertz CT molecular complexity index is 1030. The molecule has 0 radical (unpaired) electrons. The van der Waals surface area contributed by atoms with E-state index in [9.17, 15) is 4.21 Å². The molecule has 3 nitrogen and oxygen atoms in total. The van der Waals surface area contributed by atoms with Crippen molar-refractivity contribution < 1.29 is 4.21 Å². The number of rotatable bonds is 12. The van der Waals surface area contributed by atoms with Gasteiger partial charge < -0.3 is 9.80 Å². The molecule has 2 fully saturated rings. The number of fused-ring (bicyclic) bond motifs is 2. The molecule has 0 aromatic carbocycles. The summed E-state index contributed by atoms with van der Waals surface area (Å²) in [6.45, 7) is 9.19. The van der Waals surface area contributed by atoms with Crippen molar-refractivity contribution in [3.63, 3.8) is 0 Å². The number of hydrogen-bond donors (Lipinski definition) is 0. The molecule has 4 rings (SSSR count). The lowest BCUT2D eigenvalue weighted by Crippen LogP contribution is -2.53. The van der Waals surface area contributed by atoms with Crippen molar-refractivity contribution in [3.8, 4) is 0 Å². The zero-order valence-electron chi connectivity index (χ0n) is 23.9. The van der Waals surface area contributed by atoms with Gasteiger partial charge in [0, 0.05) is 51.0 Å². The summed E-state index contributed by atoms with van der Waals surface area (Å²) in [5, 5.41) is 0. The summed E-state index contributed by atoms with van der Waals surface area (Å²) in [5.41, 5.74) is -0.0644. The quantitative estimate of drug-likeness (QED) is 0.151. The molecule has 0 spiro atoms. The molecule has 2 saturated heterocycles. The Morgan fingerprint density at radius 3 is 2.13 bits per heavy atom. The fourth-order valence-electron chi connectivity index (χ4n) is 5.96. The molecule has 0 aliphatic carbocycles. The minimum Gasteiger partial charge on any atom is -0.351 e. The Morgan fingerprint density at radius 2 is 1.46 bits per heavy atom. The van der Waals surface area contributed by atoms with Gasteiger partial charge in [-0.15, -0.1) is 35.3 Å². The maximum atomic E-state index is 12.8. The van der Waals surface area contributed by atoms with Crippen molar-refractivity contribution in [1.82, 2.24) is 9.80 Å². The van der Waals surface area contributed by atoms with E-state index in [2.05, 4.69) is 49.6 Å². The van der Waals surface area contributed by atoms with Gasteiger partial charge in [-0.05, 0) is 93.6 Å². The van der Waals surface area contributed by atoms with Gasteiger partial charge in [0.05, 0.1) is 15.9 Å². The summed E-state index contributed by atoms with van der Waals surface area (Å²) < 4.78 is 12.8. The Hall–Kier alpha value is 0.550. The van der Waals surface area contributed by atoms with Crippen molar-refractivity contribution in [2.24, 2.45) is 11.8 Å². The topological polar surface area (TPSA) is 23.6 Å². The van der Waals surface area contributed by atoms with Crippen LogP contribution >= 0.6 is 71.9 Å². The summed E-state index contributed by atoms with van der Waals surface area (Å²) >= 11 is 23.5. The first-order valence-electron chi connectivity index (χ1n) is 14.3. The minimum atomic E-state index is -0.751. The molecule has 4 heterocycles. The standard InChI is InChI=1S/C29H44N2OS7/c1-28(2,30-20-36-14-11-23-21(26(30)34)9-15-37-23)12-5-7-17-39(32)18-8-6-13-29(3,4)31-25(33)19-24-22(27(31)35)10-16-38-24/h11,19,21-22H,5-10,12-18,20H2,1-4H3/b23-11+. The predicted molar refractivity (Wildman–Crippen MR) is 190 cm³/mol. The van der Waals surface area contributed by atoms with Crippen LogP contribution in [0.5, 0.6) is 0 Å². The highest BCUT2D eigenvalue weighted by atomic mass is 32.2. The van der Waals surface area contributed by atoms with Gasteiger partial charge in [-0.3, -0.25) is 4.21 Å². The highest BCUT2D eigenvalue weighted by Gasteiger charge is 2.40. The van der Waals surface area contributed by atoms with Gasteiger partial charge in [0.15, 0.2) is 0 Å². The summed E-state index contributed by atoms with van der Waals surface area (Å²) in [4.78, 5) is 10.6. The summed E-state index contributed by atoms with van der Waals surface area (Å²) in [7, 11) is -0.751. The van der Waals surface area contributed by atoms with Crippen LogP contribution < -0.4 is 0 Å². The summed E-state index contributed by atoms with van der Waals surface area (Å²) in [6, 6.07) is 0. The summed E-state index contributed by atoms with van der Waals surface area (Å²) in [5.74, 6) is 6.80. The summed E-state index contributed by atoms with van der Waals surface area (Å²) in [6.07, 6.45) is 13.1. The third-order valence-corrected chi connectivity index (χ3v) is 14.4. The van der Waals surface area contributed by atoms with Crippen LogP contribution in [0.4, 0.5) is 0 Å². The monoisotopic (exact) mass is 660 g/mol. The van der Waals surface area contributed by atoms with E-state index in [0.29, 0.717) is 11.8 Å². The van der Waals surface area contributed by atoms with Crippen LogP contribution in [0.3, 0.4) is 0 Å². The van der Waals surface area contributed by atoms with E-state index in [-0.39, 0.29) is 11.1 Å². The van der Waals surface area contributed by atoms with Crippen LogP contribution in [-0.4, -0.2) is 74.7 Å². The second-order valence-electron chi connectivity index (χ2n) is 12.2. The van der Waals surface area contributed by atoms with E-state index in [1.165, 1.54) is 22.0 Å². The number of thiocarbonyl (C=S) groups is 3. The fraction of sp³-hybridized carbons (Fsp3) is 0.759. The molecule has 0 saturated carbocycles. The second-order valence-corrected chi connectivity index (χ2v) is 18.5. The van der Waals surface area contributed by atoms with Gasteiger partial charge in [-0.25, -0.2) is 0 Å². The molecular formula is C29H44N2OS7. The molecule has 0 aromatic rings. The average molecular weight is 661 g/mol. The Balaban J connectivity index is 1.15. The van der Waals surface area contributed by atoms with Gasteiger partial charge in [-0.1, -0.05) is 55.6 Å². The van der Waals surface area contributed by atoms with Crippen LogP contribution in [0, 0.1) is 11.8 Å². The predicted octanol–water partition coefficient (Wildman–Crippen LogP) is 8.21. The van der Waals surface area contributed by atoms with Crippen molar-refractivity contribution in [1.29, 1.82) is 0 Å². The molecule has 218 valence electrons. The van der Waals surface area contributed by atoms with Crippen molar-refractivity contribution in [2.75, 3.05) is 34.6 Å². The average Bonchev–Trinajstić information content (AvgIpc) is 3.52. The zero-order chi connectivity index (χ0) is 28.2. The highest BCUT2D eigenvalue weighted by molar-refractivity contribution is 8.04. The highest BCUT2D eigenvalue weighted by Crippen LogP contribution is 2.43. The van der Waals surface area contributed by atoms with Crippen molar-refractivity contribution in [2.45, 2.75) is 90.1 Å². The fourth-order valence-corrected chi connectivity index (χ4v) is 12.8. The maximum Gasteiger partial charge on any atom is 0.108 e.